The van der Waals surface area contributed by atoms with Gasteiger partial charge in [0.1, 0.15) is 5.75 Å². The number of alkyl halides is 2. The molecule has 1 aliphatic carbocycles. The van der Waals surface area contributed by atoms with Crippen molar-refractivity contribution in [1.29, 1.82) is 0 Å². The SMILES string of the molecule is COc1c(Cl)cc(Cl)cc1C1(CN)CC1(F)F. The first-order valence-electron chi connectivity index (χ1n) is 4.99. The van der Waals surface area contributed by atoms with Gasteiger partial charge in [0.2, 0.25) is 0 Å². The summed E-state index contributed by atoms with van der Waals surface area (Å²) in [7, 11) is 1.38. The van der Waals surface area contributed by atoms with Crippen LogP contribution in [-0.4, -0.2) is 19.6 Å². The van der Waals surface area contributed by atoms with Gasteiger partial charge in [-0.25, -0.2) is 8.78 Å². The van der Waals surface area contributed by atoms with Crippen LogP contribution in [0.2, 0.25) is 10.0 Å². The van der Waals surface area contributed by atoms with Gasteiger partial charge in [-0.1, -0.05) is 23.2 Å². The summed E-state index contributed by atoms with van der Waals surface area (Å²) in [5.74, 6) is -2.61. The molecule has 0 aliphatic heterocycles. The second-order valence-electron chi connectivity index (χ2n) is 4.14. The number of methoxy groups -OCH3 is 1. The Hall–Kier alpha value is -0.580. The lowest BCUT2D eigenvalue weighted by molar-refractivity contribution is 0.0889. The fourth-order valence-corrected chi connectivity index (χ4v) is 2.65. The van der Waals surface area contributed by atoms with E-state index in [9.17, 15) is 8.78 Å². The highest BCUT2D eigenvalue weighted by atomic mass is 35.5. The van der Waals surface area contributed by atoms with E-state index < -0.39 is 11.3 Å². The number of hydrogen-bond acceptors (Lipinski definition) is 2. The first kappa shape index (κ1) is 12.9. The summed E-state index contributed by atoms with van der Waals surface area (Å²) >= 11 is 11.8. The first-order valence-corrected chi connectivity index (χ1v) is 5.75. The Bertz CT molecular complexity index is 467. The summed E-state index contributed by atoms with van der Waals surface area (Å²) < 4.78 is 32.1. The second-order valence-corrected chi connectivity index (χ2v) is 4.98. The van der Waals surface area contributed by atoms with Crippen LogP contribution < -0.4 is 10.5 Å². The Morgan fingerprint density at radius 2 is 2.00 bits per heavy atom. The maximum atomic E-state index is 13.5. The molecule has 0 amide bonds. The van der Waals surface area contributed by atoms with Crippen molar-refractivity contribution in [1.82, 2.24) is 0 Å². The fourth-order valence-electron chi connectivity index (χ4n) is 2.08. The van der Waals surface area contributed by atoms with Crippen molar-refractivity contribution in [3.05, 3.63) is 27.7 Å². The minimum atomic E-state index is -2.83. The van der Waals surface area contributed by atoms with Gasteiger partial charge in [0.15, 0.2) is 0 Å². The average molecular weight is 282 g/mol. The highest BCUT2D eigenvalue weighted by Crippen LogP contribution is 2.63. The van der Waals surface area contributed by atoms with Crippen molar-refractivity contribution in [3.8, 4) is 5.75 Å². The van der Waals surface area contributed by atoms with Crippen LogP contribution in [0.4, 0.5) is 8.78 Å². The molecule has 6 heteroatoms. The fraction of sp³-hybridized carbons (Fsp3) is 0.455. The molecular weight excluding hydrogens is 271 g/mol. The van der Waals surface area contributed by atoms with Crippen LogP contribution in [0, 0.1) is 0 Å². The molecule has 1 aliphatic rings. The molecule has 0 aromatic heterocycles. The van der Waals surface area contributed by atoms with Gasteiger partial charge >= 0.3 is 0 Å². The topological polar surface area (TPSA) is 35.2 Å². The van der Waals surface area contributed by atoms with Gasteiger partial charge in [0.05, 0.1) is 17.5 Å². The maximum Gasteiger partial charge on any atom is 0.260 e. The number of ether oxygens (including phenoxy) is 1. The van der Waals surface area contributed by atoms with Crippen LogP contribution in [0.1, 0.15) is 12.0 Å². The molecule has 2 N–H and O–H groups in total. The highest BCUT2D eigenvalue weighted by Gasteiger charge is 2.72. The molecule has 1 atom stereocenters. The van der Waals surface area contributed by atoms with Gasteiger partial charge in [-0.15, -0.1) is 0 Å². The van der Waals surface area contributed by atoms with E-state index in [0.29, 0.717) is 5.02 Å². The summed E-state index contributed by atoms with van der Waals surface area (Å²) in [5, 5.41) is 0.506. The lowest BCUT2D eigenvalue weighted by Gasteiger charge is -2.19. The Morgan fingerprint density at radius 3 is 2.41 bits per heavy atom. The zero-order valence-corrected chi connectivity index (χ0v) is 10.6. The summed E-state index contributed by atoms with van der Waals surface area (Å²) in [5.41, 5.74) is 4.36. The van der Waals surface area contributed by atoms with Crippen molar-refractivity contribution in [2.45, 2.75) is 17.8 Å². The molecular formula is C11H11Cl2F2NO. The van der Waals surface area contributed by atoms with E-state index in [0.717, 1.165) is 0 Å². The monoisotopic (exact) mass is 281 g/mol. The third-order valence-electron chi connectivity index (χ3n) is 3.18. The van der Waals surface area contributed by atoms with Gasteiger partial charge in [-0.05, 0) is 12.1 Å². The average Bonchev–Trinajstić information content (AvgIpc) is 2.81. The molecule has 0 radical (unpaired) electrons. The quantitative estimate of drug-likeness (QED) is 0.923. The van der Waals surface area contributed by atoms with Gasteiger partial charge < -0.3 is 10.5 Å². The molecule has 17 heavy (non-hydrogen) atoms. The number of hydrogen-bond donors (Lipinski definition) is 1. The Labute approximate surface area is 108 Å². The molecule has 1 unspecified atom stereocenters. The number of benzene rings is 1. The predicted molar refractivity (Wildman–Crippen MR) is 63.3 cm³/mol. The summed E-state index contributed by atoms with van der Waals surface area (Å²) in [6.07, 6.45) is -0.302. The van der Waals surface area contributed by atoms with E-state index in [1.807, 2.05) is 0 Å². The Morgan fingerprint density at radius 1 is 1.41 bits per heavy atom. The summed E-state index contributed by atoms with van der Waals surface area (Å²) in [6, 6.07) is 2.90. The predicted octanol–water partition coefficient (Wildman–Crippen LogP) is 3.24. The lowest BCUT2D eigenvalue weighted by atomic mass is 9.94. The molecule has 94 valence electrons. The third-order valence-corrected chi connectivity index (χ3v) is 3.67. The molecule has 1 fully saturated rings. The van der Waals surface area contributed by atoms with Crippen molar-refractivity contribution in [2.24, 2.45) is 5.73 Å². The standard InChI is InChI=1S/C11H11Cl2F2NO/c1-17-9-7(2-6(12)3-8(9)13)10(5-16)4-11(10,14)15/h2-3H,4-5,16H2,1H3. The van der Waals surface area contributed by atoms with Gasteiger partial charge in [-0.3, -0.25) is 0 Å². The molecule has 1 aromatic carbocycles. The van der Waals surface area contributed by atoms with Gasteiger partial charge in [0, 0.05) is 23.6 Å². The summed E-state index contributed by atoms with van der Waals surface area (Å²) in [4.78, 5) is 0. The molecule has 0 bridgehead atoms. The molecule has 0 heterocycles. The minimum absolute atomic E-state index is 0.174. The van der Waals surface area contributed by atoms with Crippen LogP contribution in [0.3, 0.4) is 0 Å². The van der Waals surface area contributed by atoms with E-state index >= 15 is 0 Å². The minimum Gasteiger partial charge on any atom is -0.495 e. The summed E-state index contributed by atoms with van der Waals surface area (Å²) in [6.45, 7) is -0.174. The normalized spacial score (nSPS) is 25.8. The van der Waals surface area contributed by atoms with Crippen LogP contribution in [0.5, 0.6) is 5.75 Å². The van der Waals surface area contributed by atoms with Gasteiger partial charge in [-0.2, -0.15) is 0 Å². The molecule has 1 saturated carbocycles. The van der Waals surface area contributed by atoms with E-state index in [2.05, 4.69) is 0 Å². The van der Waals surface area contributed by atoms with Crippen molar-refractivity contribution < 1.29 is 13.5 Å². The van der Waals surface area contributed by atoms with Crippen LogP contribution in [0.15, 0.2) is 12.1 Å². The molecule has 0 spiro atoms. The molecule has 1 aromatic rings. The van der Waals surface area contributed by atoms with Crippen LogP contribution in [-0.2, 0) is 5.41 Å². The van der Waals surface area contributed by atoms with E-state index in [4.69, 9.17) is 33.7 Å². The number of rotatable bonds is 3. The van der Waals surface area contributed by atoms with Crippen molar-refractivity contribution in [3.63, 3.8) is 0 Å². The third kappa shape index (κ3) is 1.79. The Kier molecular flexibility index (Phi) is 3.00. The molecule has 2 rings (SSSR count). The molecule has 2 nitrogen and oxygen atoms in total. The van der Waals surface area contributed by atoms with Crippen LogP contribution in [0.25, 0.3) is 0 Å². The van der Waals surface area contributed by atoms with Crippen molar-refractivity contribution >= 4 is 23.2 Å². The first-order chi connectivity index (χ1) is 7.88. The van der Waals surface area contributed by atoms with Gasteiger partial charge in [0.25, 0.3) is 5.92 Å². The second kappa shape index (κ2) is 3.97. The largest absolute Gasteiger partial charge is 0.495 e. The lowest BCUT2D eigenvalue weighted by Crippen LogP contribution is -2.27. The van der Waals surface area contributed by atoms with Crippen molar-refractivity contribution in [2.75, 3.05) is 13.7 Å². The zero-order valence-electron chi connectivity index (χ0n) is 9.07. The van der Waals surface area contributed by atoms with E-state index in [-0.39, 0.29) is 29.3 Å². The Balaban J connectivity index is 2.59. The zero-order chi connectivity index (χ0) is 12.8. The number of nitrogens with two attached hydrogens (primary N) is 1. The highest BCUT2D eigenvalue weighted by molar-refractivity contribution is 6.35. The number of halogens is 4. The van der Waals surface area contributed by atoms with E-state index in [1.54, 1.807) is 0 Å². The van der Waals surface area contributed by atoms with E-state index in [1.165, 1.54) is 19.2 Å². The molecule has 0 saturated heterocycles. The van der Waals surface area contributed by atoms with Crippen LogP contribution >= 0.6 is 23.2 Å². The maximum absolute atomic E-state index is 13.5. The smallest absolute Gasteiger partial charge is 0.260 e.